The van der Waals surface area contributed by atoms with Crippen molar-refractivity contribution in [2.75, 3.05) is 13.1 Å². The van der Waals surface area contributed by atoms with Crippen molar-refractivity contribution in [1.82, 2.24) is 10.6 Å². The number of rotatable bonds is 4. The summed E-state index contributed by atoms with van der Waals surface area (Å²) in [6.07, 6.45) is -3.32. The van der Waals surface area contributed by atoms with Gasteiger partial charge in [-0.1, -0.05) is 24.6 Å². The number of piperidine rings is 1. The van der Waals surface area contributed by atoms with Gasteiger partial charge in [-0.3, -0.25) is 4.79 Å². The van der Waals surface area contributed by atoms with Gasteiger partial charge in [-0.2, -0.15) is 8.78 Å². The average molecular weight is 319 g/mol. The van der Waals surface area contributed by atoms with E-state index in [0.29, 0.717) is 19.5 Å². The maximum absolute atomic E-state index is 13.8. The minimum absolute atomic E-state index is 0.0877. The number of halogens is 3. The molecule has 0 bridgehead atoms. The van der Waals surface area contributed by atoms with Crippen LogP contribution in [0, 0.1) is 5.92 Å². The van der Waals surface area contributed by atoms with E-state index in [2.05, 4.69) is 15.4 Å². The highest BCUT2D eigenvalue weighted by molar-refractivity contribution is 6.30. The van der Waals surface area contributed by atoms with Crippen molar-refractivity contribution in [3.8, 4) is 5.75 Å². The molecule has 1 aliphatic rings. The second kappa shape index (κ2) is 6.58. The Balaban J connectivity index is 1.99. The summed E-state index contributed by atoms with van der Waals surface area (Å²) in [5.41, 5.74) is 0. The fourth-order valence-corrected chi connectivity index (χ4v) is 2.39. The predicted octanol–water partition coefficient (Wildman–Crippen LogP) is 2.43. The fourth-order valence-electron chi connectivity index (χ4n) is 2.21. The van der Waals surface area contributed by atoms with Crippen molar-refractivity contribution < 1.29 is 18.3 Å². The number of amides is 1. The molecule has 1 heterocycles. The van der Waals surface area contributed by atoms with E-state index in [1.165, 1.54) is 24.3 Å². The van der Waals surface area contributed by atoms with Gasteiger partial charge in [0, 0.05) is 11.1 Å². The Bertz CT molecular complexity index is 514. The number of ether oxygens (including phenoxy) is 1. The van der Waals surface area contributed by atoms with Gasteiger partial charge >= 0.3 is 12.0 Å². The smallest absolute Gasteiger partial charge is 0.425 e. The lowest BCUT2D eigenvalue weighted by molar-refractivity contribution is -0.194. The van der Waals surface area contributed by atoms with Gasteiger partial charge in [0.05, 0.1) is 0 Å². The van der Waals surface area contributed by atoms with Crippen LogP contribution in [-0.2, 0) is 4.79 Å². The third-order valence-corrected chi connectivity index (χ3v) is 3.64. The molecule has 0 unspecified atom stereocenters. The van der Waals surface area contributed by atoms with Gasteiger partial charge in [-0.15, -0.1) is 0 Å². The molecule has 1 aromatic carbocycles. The van der Waals surface area contributed by atoms with E-state index < -0.39 is 12.0 Å². The Morgan fingerprint density at radius 2 is 2.29 bits per heavy atom. The monoisotopic (exact) mass is 318 g/mol. The first-order chi connectivity index (χ1) is 9.88. The van der Waals surface area contributed by atoms with Crippen LogP contribution in [0.4, 0.5) is 8.78 Å². The van der Waals surface area contributed by atoms with Gasteiger partial charge < -0.3 is 15.4 Å². The summed E-state index contributed by atoms with van der Waals surface area (Å²) in [6.45, 7) is 3.27. The van der Waals surface area contributed by atoms with Crippen LogP contribution >= 0.6 is 11.6 Å². The van der Waals surface area contributed by atoms with E-state index in [1.807, 2.05) is 6.92 Å². The molecule has 1 amide bonds. The molecule has 1 fully saturated rings. The normalized spacial score (nSPS) is 22.7. The van der Waals surface area contributed by atoms with Crippen LogP contribution in [0.25, 0.3) is 0 Å². The molecule has 2 atom stereocenters. The highest BCUT2D eigenvalue weighted by Crippen LogP contribution is 2.25. The molecule has 1 saturated heterocycles. The predicted molar refractivity (Wildman–Crippen MR) is 75.6 cm³/mol. The summed E-state index contributed by atoms with van der Waals surface area (Å²) in [6, 6.07) is 5.27. The zero-order valence-corrected chi connectivity index (χ0v) is 12.3. The van der Waals surface area contributed by atoms with Gasteiger partial charge in [-0.05, 0) is 43.6 Å². The van der Waals surface area contributed by atoms with E-state index in [9.17, 15) is 13.6 Å². The molecule has 4 nitrogen and oxygen atoms in total. The van der Waals surface area contributed by atoms with Gasteiger partial charge in [0.15, 0.2) is 0 Å². The van der Waals surface area contributed by atoms with Crippen molar-refractivity contribution >= 4 is 17.5 Å². The first-order valence-electron chi connectivity index (χ1n) is 6.72. The van der Waals surface area contributed by atoms with Gasteiger partial charge in [-0.25, -0.2) is 0 Å². The topological polar surface area (TPSA) is 50.4 Å². The molecule has 2 rings (SSSR count). The molecule has 116 valence electrons. The molecular formula is C14H17ClF2N2O2. The molecule has 2 N–H and O–H groups in total. The lowest BCUT2D eigenvalue weighted by Gasteiger charge is -2.31. The van der Waals surface area contributed by atoms with Crippen molar-refractivity contribution in [2.45, 2.75) is 25.5 Å². The molecule has 0 aliphatic carbocycles. The SMILES string of the molecule is C[C@H]1CNCC[C@@H]1NC(=O)C(F)(F)Oc1cccc(Cl)c1. The highest BCUT2D eigenvalue weighted by atomic mass is 35.5. The van der Waals surface area contributed by atoms with Gasteiger partial charge in [0.1, 0.15) is 5.75 Å². The highest BCUT2D eigenvalue weighted by Gasteiger charge is 2.43. The van der Waals surface area contributed by atoms with Crippen molar-refractivity contribution in [3.63, 3.8) is 0 Å². The van der Waals surface area contributed by atoms with Gasteiger partial charge in [0.2, 0.25) is 0 Å². The van der Waals surface area contributed by atoms with E-state index in [0.717, 1.165) is 0 Å². The van der Waals surface area contributed by atoms with Crippen LogP contribution in [0.15, 0.2) is 24.3 Å². The number of hydrogen-bond acceptors (Lipinski definition) is 3. The Morgan fingerprint density at radius 1 is 1.52 bits per heavy atom. The maximum atomic E-state index is 13.8. The summed E-state index contributed by atoms with van der Waals surface area (Å²) < 4.78 is 32.1. The molecule has 0 aromatic heterocycles. The van der Waals surface area contributed by atoms with Gasteiger partial charge in [0.25, 0.3) is 0 Å². The summed E-state index contributed by atoms with van der Waals surface area (Å²) in [7, 11) is 0. The standard InChI is InChI=1S/C14H17ClF2N2O2/c1-9-8-18-6-5-12(9)19-13(20)14(16,17)21-11-4-2-3-10(15)7-11/h2-4,7,9,12,18H,5-6,8H2,1H3,(H,19,20)/t9-,12-/m0/s1. The number of hydrogen-bond donors (Lipinski definition) is 2. The van der Waals surface area contributed by atoms with Crippen LogP contribution in [0.1, 0.15) is 13.3 Å². The average Bonchev–Trinajstić information content (AvgIpc) is 2.40. The third-order valence-electron chi connectivity index (χ3n) is 3.41. The molecule has 0 saturated carbocycles. The van der Waals surface area contributed by atoms with Crippen LogP contribution in [-0.4, -0.2) is 31.1 Å². The molecule has 21 heavy (non-hydrogen) atoms. The largest absolute Gasteiger partial charge is 0.482 e. The zero-order valence-electron chi connectivity index (χ0n) is 11.5. The van der Waals surface area contributed by atoms with Crippen LogP contribution in [0.3, 0.4) is 0 Å². The van der Waals surface area contributed by atoms with E-state index in [4.69, 9.17) is 11.6 Å². The Kier molecular flexibility index (Phi) is 5.00. The minimum Gasteiger partial charge on any atom is -0.425 e. The number of nitrogens with one attached hydrogen (secondary N) is 2. The Hall–Kier alpha value is -1.40. The molecule has 1 aromatic rings. The molecule has 0 radical (unpaired) electrons. The number of carbonyl (C=O) groups excluding carboxylic acids is 1. The van der Waals surface area contributed by atoms with Crippen molar-refractivity contribution in [1.29, 1.82) is 0 Å². The summed E-state index contributed by atoms with van der Waals surface area (Å²) >= 11 is 5.70. The van der Waals surface area contributed by atoms with Crippen LogP contribution in [0.2, 0.25) is 5.02 Å². The lowest BCUT2D eigenvalue weighted by Crippen LogP contribution is -2.54. The van der Waals surface area contributed by atoms with Crippen LogP contribution < -0.4 is 15.4 Å². The molecular weight excluding hydrogens is 302 g/mol. The number of carbonyl (C=O) groups is 1. The number of benzene rings is 1. The Labute approximate surface area is 126 Å². The van der Waals surface area contributed by atoms with E-state index in [-0.39, 0.29) is 22.7 Å². The quantitative estimate of drug-likeness (QED) is 0.896. The van der Waals surface area contributed by atoms with E-state index >= 15 is 0 Å². The Morgan fingerprint density at radius 3 is 2.95 bits per heavy atom. The summed E-state index contributed by atoms with van der Waals surface area (Å²) in [5.74, 6) is -1.49. The minimum atomic E-state index is -3.94. The first kappa shape index (κ1) is 16.0. The zero-order chi connectivity index (χ0) is 15.5. The maximum Gasteiger partial charge on any atom is 0.482 e. The summed E-state index contributed by atoms with van der Waals surface area (Å²) in [4.78, 5) is 11.7. The lowest BCUT2D eigenvalue weighted by atomic mass is 9.95. The van der Waals surface area contributed by atoms with Crippen molar-refractivity contribution in [3.05, 3.63) is 29.3 Å². The van der Waals surface area contributed by atoms with Crippen molar-refractivity contribution in [2.24, 2.45) is 5.92 Å². The third kappa shape index (κ3) is 4.28. The fraction of sp³-hybridized carbons (Fsp3) is 0.500. The second-order valence-corrected chi connectivity index (χ2v) is 5.56. The molecule has 7 heteroatoms. The number of alkyl halides is 2. The second-order valence-electron chi connectivity index (χ2n) is 5.13. The first-order valence-corrected chi connectivity index (χ1v) is 7.10. The molecule has 1 aliphatic heterocycles. The van der Waals surface area contributed by atoms with Crippen LogP contribution in [0.5, 0.6) is 5.75 Å². The molecule has 0 spiro atoms. The summed E-state index contributed by atoms with van der Waals surface area (Å²) in [5, 5.41) is 5.75. The van der Waals surface area contributed by atoms with E-state index in [1.54, 1.807) is 0 Å².